The summed E-state index contributed by atoms with van der Waals surface area (Å²) in [7, 11) is 1.65. The number of carbonyl (C=O) groups excluding carboxylic acids is 3. The molecule has 2 heterocycles. The molecule has 1 spiro atoms. The van der Waals surface area contributed by atoms with Crippen LogP contribution in [0.4, 0.5) is 4.79 Å². The summed E-state index contributed by atoms with van der Waals surface area (Å²) >= 11 is 0. The topological polar surface area (TPSA) is 88.2 Å². The Balaban J connectivity index is 1.40. The highest BCUT2D eigenvalue weighted by Gasteiger charge is 2.52. The van der Waals surface area contributed by atoms with E-state index in [1.165, 1.54) is 4.90 Å². The Bertz CT molecular complexity index is 772. The van der Waals surface area contributed by atoms with Crippen molar-refractivity contribution in [3.05, 3.63) is 23.8 Å². The van der Waals surface area contributed by atoms with Crippen LogP contribution in [0.25, 0.3) is 0 Å². The number of nitrogens with zero attached hydrogens (tertiary/aromatic N) is 2. The molecule has 1 aliphatic carbocycles. The van der Waals surface area contributed by atoms with Crippen LogP contribution in [-0.2, 0) is 16.1 Å². The number of benzene rings is 1. The summed E-state index contributed by atoms with van der Waals surface area (Å²) in [5.41, 5.74) is 0.0994. The minimum absolute atomic E-state index is 0.196. The van der Waals surface area contributed by atoms with Gasteiger partial charge < -0.3 is 19.7 Å². The van der Waals surface area contributed by atoms with Crippen LogP contribution in [0.3, 0.4) is 0 Å². The number of ether oxygens (including phenoxy) is 2. The van der Waals surface area contributed by atoms with Crippen molar-refractivity contribution < 1.29 is 23.9 Å². The molecule has 1 saturated heterocycles. The number of amides is 4. The molecule has 3 aliphatic rings. The van der Waals surface area contributed by atoms with Crippen LogP contribution in [0.5, 0.6) is 11.5 Å². The van der Waals surface area contributed by atoms with Gasteiger partial charge in [-0.2, -0.15) is 0 Å². The van der Waals surface area contributed by atoms with E-state index in [9.17, 15) is 14.4 Å². The second kappa shape index (κ2) is 6.19. The maximum absolute atomic E-state index is 12.6. The van der Waals surface area contributed by atoms with Crippen molar-refractivity contribution in [1.29, 1.82) is 0 Å². The highest BCUT2D eigenvalue weighted by Crippen LogP contribution is 2.35. The van der Waals surface area contributed by atoms with Gasteiger partial charge in [-0.25, -0.2) is 4.79 Å². The molecule has 138 valence electrons. The molecule has 1 aromatic rings. The van der Waals surface area contributed by atoms with Crippen molar-refractivity contribution in [3.8, 4) is 11.5 Å². The largest absolute Gasteiger partial charge is 0.454 e. The minimum Gasteiger partial charge on any atom is -0.454 e. The van der Waals surface area contributed by atoms with Gasteiger partial charge in [0.05, 0.1) is 0 Å². The predicted molar refractivity (Wildman–Crippen MR) is 90.5 cm³/mol. The number of likely N-dealkylation sites (N-methyl/N-ethyl adjacent to an activating group) is 1. The van der Waals surface area contributed by atoms with Crippen LogP contribution >= 0.6 is 0 Å². The van der Waals surface area contributed by atoms with Gasteiger partial charge in [-0.05, 0) is 30.5 Å². The van der Waals surface area contributed by atoms with E-state index in [1.54, 1.807) is 13.1 Å². The number of carbonyl (C=O) groups is 3. The average molecular weight is 359 g/mol. The van der Waals surface area contributed by atoms with Crippen LogP contribution in [-0.4, -0.2) is 53.6 Å². The standard InChI is InChI=1S/C18H21N3O5/c1-20(9-12-4-5-13-14(8-12)26-11-25-13)15(22)10-21-16(23)18(19-17(21)24)6-2-3-7-18/h4-5,8H,2-3,6-7,9-11H2,1H3,(H,19,24). The zero-order valence-corrected chi connectivity index (χ0v) is 14.6. The maximum atomic E-state index is 12.6. The average Bonchev–Trinajstić information content (AvgIpc) is 3.32. The molecule has 2 fully saturated rings. The summed E-state index contributed by atoms with van der Waals surface area (Å²) in [6.45, 7) is 0.305. The van der Waals surface area contributed by atoms with Crippen LogP contribution in [0.15, 0.2) is 18.2 Å². The molecule has 1 aromatic carbocycles. The third-order valence-corrected chi connectivity index (χ3v) is 5.28. The molecule has 8 nitrogen and oxygen atoms in total. The molecule has 4 rings (SSSR count). The lowest BCUT2D eigenvalue weighted by Crippen LogP contribution is -2.45. The SMILES string of the molecule is CN(Cc1ccc2c(c1)OCO2)C(=O)CN1C(=O)NC2(CCCC2)C1=O. The van der Waals surface area contributed by atoms with E-state index in [4.69, 9.17) is 9.47 Å². The lowest BCUT2D eigenvalue weighted by atomic mass is 9.98. The fraction of sp³-hybridized carbons (Fsp3) is 0.500. The van der Waals surface area contributed by atoms with Gasteiger partial charge in [-0.15, -0.1) is 0 Å². The van der Waals surface area contributed by atoms with E-state index in [0.717, 1.165) is 23.3 Å². The molecular formula is C18H21N3O5. The van der Waals surface area contributed by atoms with Crippen molar-refractivity contribution in [1.82, 2.24) is 15.1 Å². The summed E-state index contributed by atoms with van der Waals surface area (Å²) in [6.07, 6.45) is 3.13. The molecular weight excluding hydrogens is 338 g/mol. The first-order valence-corrected chi connectivity index (χ1v) is 8.75. The molecule has 1 saturated carbocycles. The van der Waals surface area contributed by atoms with E-state index in [2.05, 4.69) is 5.32 Å². The van der Waals surface area contributed by atoms with Crippen LogP contribution in [0.2, 0.25) is 0 Å². The van der Waals surface area contributed by atoms with E-state index in [1.807, 2.05) is 12.1 Å². The highest BCUT2D eigenvalue weighted by atomic mass is 16.7. The number of imide groups is 1. The monoisotopic (exact) mass is 359 g/mol. The van der Waals surface area contributed by atoms with E-state index in [0.29, 0.717) is 30.9 Å². The van der Waals surface area contributed by atoms with Gasteiger partial charge in [0.2, 0.25) is 12.7 Å². The van der Waals surface area contributed by atoms with Crippen molar-refractivity contribution in [2.24, 2.45) is 0 Å². The molecule has 0 atom stereocenters. The van der Waals surface area contributed by atoms with Gasteiger partial charge in [0.1, 0.15) is 12.1 Å². The second-order valence-corrected chi connectivity index (χ2v) is 7.05. The third kappa shape index (κ3) is 2.75. The number of nitrogens with one attached hydrogen (secondary N) is 1. The summed E-state index contributed by atoms with van der Waals surface area (Å²) in [4.78, 5) is 39.9. The van der Waals surface area contributed by atoms with Gasteiger partial charge >= 0.3 is 6.03 Å². The van der Waals surface area contributed by atoms with Crippen molar-refractivity contribution in [3.63, 3.8) is 0 Å². The van der Waals surface area contributed by atoms with Gasteiger partial charge in [0.15, 0.2) is 11.5 Å². The first-order chi connectivity index (χ1) is 12.5. The summed E-state index contributed by atoms with van der Waals surface area (Å²) in [5, 5.41) is 2.79. The van der Waals surface area contributed by atoms with Crippen LogP contribution < -0.4 is 14.8 Å². The molecule has 0 bridgehead atoms. The number of urea groups is 1. The van der Waals surface area contributed by atoms with Crippen molar-refractivity contribution in [2.75, 3.05) is 20.4 Å². The third-order valence-electron chi connectivity index (χ3n) is 5.28. The lowest BCUT2D eigenvalue weighted by Gasteiger charge is -2.22. The Morgan fingerprint density at radius 2 is 1.96 bits per heavy atom. The van der Waals surface area contributed by atoms with Gasteiger partial charge in [0, 0.05) is 13.6 Å². The normalized spacial score (nSPS) is 20.0. The molecule has 1 N–H and O–H groups in total. The summed E-state index contributed by atoms with van der Waals surface area (Å²) in [5.74, 6) is 0.774. The van der Waals surface area contributed by atoms with E-state index < -0.39 is 11.6 Å². The van der Waals surface area contributed by atoms with Gasteiger partial charge in [-0.3, -0.25) is 14.5 Å². The number of fused-ring (bicyclic) bond motifs is 1. The molecule has 26 heavy (non-hydrogen) atoms. The fourth-order valence-corrected chi connectivity index (χ4v) is 3.79. The van der Waals surface area contributed by atoms with Gasteiger partial charge in [-0.1, -0.05) is 18.9 Å². The van der Waals surface area contributed by atoms with Crippen molar-refractivity contribution >= 4 is 17.8 Å². The molecule has 0 unspecified atom stereocenters. The first-order valence-electron chi connectivity index (χ1n) is 8.75. The lowest BCUT2D eigenvalue weighted by molar-refractivity contribution is -0.138. The van der Waals surface area contributed by atoms with Crippen LogP contribution in [0, 0.1) is 0 Å². The van der Waals surface area contributed by atoms with Crippen LogP contribution in [0.1, 0.15) is 31.2 Å². The Labute approximate surface area is 151 Å². The Hall–Kier alpha value is -2.77. The second-order valence-electron chi connectivity index (χ2n) is 7.05. The molecule has 0 aromatic heterocycles. The summed E-state index contributed by atoms with van der Waals surface area (Å²) in [6, 6.07) is 5.02. The van der Waals surface area contributed by atoms with E-state index in [-0.39, 0.29) is 25.2 Å². The predicted octanol–water partition coefficient (Wildman–Crippen LogP) is 1.24. The van der Waals surface area contributed by atoms with E-state index >= 15 is 0 Å². The Kier molecular flexibility index (Phi) is 3.97. The Morgan fingerprint density at radius 3 is 2.73 bits per heavy atom. The highest BCUT2D eigenvalue weighted by molar-refractivity contribution is 6.09. The maximum Gasteiger partial charge on any atom is 0.325 e. The number of rotatable bonds is 4. The quantitative estimate of drug-likeness (QED) is 0.817. The fourth-order valence-electron chi connectivity index (χ4n) is 3.79. The smallest absolute Gasteiger partial charge is 0.325 e. The number of hydrogen-bond donors (Lipinski definition) is 1. The summed E-state index contributed by atoms with van der Waals surface area (Å²) < 4.78 is 10.6. The zero-order chi connectivity index (χ0) is 18.3. The molecule has 0 radical (unpaired) electrons. The molecule has 8 heteroatoms. The zero-order valence-electron chi connectivity index (χ0n) is 14.6. The minimum atomic E-state index is -0.784. The van der Waals surface area contributed by atoms with Crippen molar-refractivity contribution in [2.45, 2.75) is 37.8 Å². The first kappa shape index (κ1) is 16.7. The molecule has 4 amide bonds. The Morgan fingerprint density at radius 1 is 1.23 bits per heavy atom. The number of hydrogen-bond acceptors (Lipinski definition) is 5. The van der Waals surface area contributed by atoms with Gasteiger partial charge in [0.25, 0.3) is 5.91 Å². The molecule has 2 aliphatic heterocycles.